The van der Waals surface area contributed by atoms with Crippen LogP contribution in [0.25, 0.3) is 0 Å². The van der Waals surface area contributed by atoms with E-state index in [2.05, 4.69) is 46.9 Å². The van der Waals surface area contributed by atoms with Gasteiger partial charge in [-0.15, -0.1) is 0 Å². The van der Waals surface area contributed by atoms with E-state index in [0.717, 1.165) is 12.8 Å². The number of rotatable bonds is 12. The first-order valence-electron chi connectivity index (χ1n) is 8.62. The minimum Gasteiger partial charge on any atom is -0.466 e. The molecule has 0 aromatic heterocycles. The van der Waals surface area contributed by atoms with E-state index in [1.165, 1.54) is 54.1 Å². The van der Waals surface area contributed by atoms with Gasteiger partial charge in [-0.05, 0) is 66.5 Å². The monoisotopic (exact) mass is 416 g/mol. The Morgan fingerprint density at radius 3 is 2.05 bits per heavy atom. The Bertz CT molecular complexity index is 400. The Kier molecular flexibility index (Phi) is 11.4. The molecular formula is C19H29IO2. The van der Waals surface area contributed by atoms with E-state index in [-0.39, 0.29) is 5.97 Å². The molecule has 0 N–H and O–H groups in total. The molecule has 0 fully saturated rings. The lowest BCUT2D eigenvalue weighted by Crippen LogP contribution is -2.03. The second-order valence-corrected chi connectivity index (χ2v) is 7.01. The highest BCUT2D eigenvalue weighted by Crippen LogP contribution is 2.13. The molecule has 0 heterocycles. The molecule has 1 aromatic rings. The van der Waals surface area contributed by atoms with Crippen molar-refractivity contribution in [2.75, 3.05) is 6.61 Å². The fraction of sp³-hybridized carbons (Fsp3) is 0.632. The third-order valence-corrected chi connectivity index (χ3v) is 4.53. The molecule has 0 atom stereocenters. The lowest BCUT2D eigenvalue weighted by molar-refractivity contribution is -0.143. The van der Waals surface area contributed by atoms with Crippen molar-refractivity contribution in [2.24, 2.45) is 0 Å². The van der Waals surface area contributed by atoms with Crippen LogP contribution in [0.1, 0.15) is 70.3 Å². The van der Waals surface area contributed by atoms with Crippen molar-refractivity contribution in [3.05, 3.63) is 33.4 Å². The van der Waals surface area contributed by atoms with E-state index in [1.54, 1.807) is 0 Å². The zero-order valence-corrected chi connectivity index (χ0v) is 15.9. The molecular weight excluding hydrogens is 387 g/mol. The molecule has 0 saturated carbocycles. The Morgan fingerprint density at radius 2 is 1.45 bits per heavy atom. The molecule has 0 bridgehead atoms. The molecule has 0 aliphatic rings. The maximum Gasteiger partial charge on any atom is 0.305 e. The number of halogens is 1. The van der Waals surface area contributed by atoms with Crippen LogP contribution in [0.5, 0.6) is 0 Å². The van der Waals surface area contributed by atoms with Crippen LogP contribution in [-0.2, 0) is 16.0 Å². The minimum atomic E-state index is -0.0434. The topological polar surface area (TPSA) is 26.3 Å². The Labute approximate surface area is 149 Å². The first-order valence-corrected chi connectivity index (χ1v) is 9.70. The SMILES string of the molecule is CCOC(=O)CCCCCCCCCCc1ccc(I)cc1. The van der Waals surface area contributed by atoms with E-state index < -0.39 is 0 Å². The van der Waals surface area contributed by atoms with E-state index in [9.17, 15) is 4.79 Å². The van der Waals surface area contributed by atoms with Crippen LogP contribution in [0.3, 0.4) is 0 Å². The predicted molar refractivity (Wildman–Crippen MR) is 101 cm³/mol. The molecule has 1 aromatic carbocycles. The molecule has 0 radical (unpaired) electrons. The number of benzene rings is 1. The van der Waals surface area contributed by atoms with Gasteiger partial charge >= 0.3 is 5.97 Å². The summed E-state index contributed by atoms with van der Waals surface area (Å²) in [5.41, 5.74) is 1.46. The number of aryl methyl sites for hydroxylation is 1. The maximum atomic E-state index is 11.2. The van der Waals surface area contributed by atoms with Crippen LogP contribution in [0, 0.1) is 3.57 Å². The molecule has 1 rings (SSSR count). The average Bonchev–Trinajstić information content (AvgIpc) is 2.51. The minimum absolute atomic E-state index is 0.0434. The van der Waals surface area contributed by atoms with Crippen molar-refractivity contribution in [1.82, 2.24) is 0 Å². The summed E-state index contributed by atoms with van der Waals surface area (Å²) in [5, 5.41) is 0. The van der Waals surface area contributed by atoms with Gasteiger partial charge < -0.3 is 4.74 Å². The van der Waals surface area contributed by atoms with Crippen molar-refractivity contribution in [1.29, 1.82) is 0 Å². The van der Waals surface area contributed by atoms with Crippen molar-refractivity contribution < 1.29 is 9.53 Å². The molecule has 0 aliphatic carbocycles. The summed E-state index contributed by atoms with van der Waals surface area (Å²) < 4.78 is 6.23. The van der Waals surface area contributed by atoms with Gasteiger partial charge in [0.25, 0.3) is 0 Å². The number of esters is 1. The fourth-order valence-corrected chi connectivity index (χ4v) is 2.90. The molecule has 0 spiro atoms. The van der Waals surface area contributed by atoms with E-state index in [0.29, 0.717) is 13.0 Å². The van der Waals surface area contributed by atoms with Gasteiger partial charge in [0, 0.05) is 9.99 Å². The number of unbranched alkanes of at least 4 members (excludes halogenated alkanes) is 7. The molecule has 0 amide bonds. The highest BCUT2D eigenvalue weighted by atomic mass is 127. The zero-order chi connectivity index (χ0) is 16.0. The van der Waals surface area contributed by atoms with Crippen LogP contribution in [-0.4, -0.2) is 12.6 Å². The number of carbonyl (C=O) groups is 1. The van der Waals surface area contributed by atoms with Crippen LogP contribution in [0.15, 0.2) is 24.3 Å². The first-order chi connectivity index (χ1) is 10.7. The van der Waals surface area contributed by atoms with Gasteiger partial charge in [-0.3, -0.25) is 4.79 Å². The summed E-state index contributed by atoms with van der Waals surface area (Å²) in [6.45, 7) is 2.36. The summed E-state index contributed by atoms with van der Waals surface area (Å²) in [7, 11) is 0. The second kappa shape index (κ2) is 12.9. The Balaban J connectivity index is 1.85. The summed E-state index contributed by atoms with van der Waals surface area (Å²) >= 11 is 2.35. The summed E-state index contributed by atoms with van der Waals surface area (Å²) in [5.74, 6) is -0.0434. The normalized spacial score (nSPS) is 10.6. The lowest BCUT2D eigenvalue weighted by Gasteiger charge is -2.04. The van der Waals surface area contributed by atoms with Gasteiger partial charge in [0.2, 0.25) is 0 Å². The van der Waals surface area contributed by atoms with Crippen molar-refractivity contribution >= 4 is 28.6 Å². The first kappa shape index (κ1) is 19.5. The Hall–Kier alpha value is -0.580. The van der Waals surface area contributed by atoms with E-state index >= 15 is 0 Å². The summed E-state index contributed by atoms with van der Waals surface area (Å²) in [6, 6.07) is 8.86. The quantitative estimate of drug-likeness (QED) is 0.241. The van der Waals surface area contributed by atoms with Crippen LogP contribution in [0.4, 0.5) is 0 Å². The van der Waals surface area contributed by atoms with Gasteiger partial charge in [-0.2, -0.15) is 0 Å². The third-order valence-electron chi connectivity index (χ3n) is 3.81. The molecule has 0 saturated heterocycles. The highest BCUT2D eigenvalue weighted by Gasteiger charge is 2.00. The van der Waals surface area contributed by atoms with Gasteiger partial charge in [0.1, 0.15) is 0 Å². The standard InChI is InChI=1S/C19H29IO2/c1-2-22-19(21)12-10-8-6-4-3-5-7-9-11-17-13-15-18(20)16-14-17/h13-16H,2-12H2,1H3. The largest absolute Gasteiger partial charge is 0.466 e. The van der Waals surface area contributed by atoms with E-state index in [4.69, 9.17) is 4.74 Å². The average molecular weight is 416 g/mol. The highest BCUT2D eigenvalue weighted by molar-refractivity contribution is 14.1. The number of ether oxygens (including phenoxy) is 1. The molecule has 22 heavy (non-hydrogen) atoms. The number of hydrogen-bond acceptors (Lipinski definition) is 2. The van der Waals surface area contributed by atoms with Crippen LogP contribution >= 0.6 is 22.6 Å². The number of carbonyl (C=O) groups excluding carboxylic acids is 1. The van der Waals surface area contributed by atoms with Crippen molar-refractivity contribution in [3.63, 3.8) is 0 Å². The van der Waals surface area contributed by atoms with Gasteiger partial charge in [0.15, 0.2) is 0 Å². The molecule has 124 valence electrons. The molecule has 3 heteroatoms. The molecule has 0 unspecified atom stereocenters. The molecule has 0 aliphatic heterocycles. The van der Waals surface area contributed by atoms with Gasteiger partial charge in [-0.1, -0.05) is 50.7 Å². The fourth-order valence-electron chi connectivity index (χ4n) is 2.54. The summed E-state index contributed by atoms with van der Waals surface area (Å²) in [4.78, 5) is 11.2. The predicted octanol–water partition coefficient (Wildman–Crippen LogP) is 5.91. The van der Waals surface area contributed by atoms with Gasteiger partial charge in [-0.25, -0.2) is 0 Å². The number of hydrogen-bond donors (Lipinski definition) is 0. The summed E-state index contributed by atoms with van der Waals surface area (Å²) in [6.07, 6.45) is 11.8. The van der Waals surface area contributed by atoms with E-state index in [1.807, 2.05) is 6.92 Å². The third kappa shape index (κ3) is 10.2. The lowest BCUT2D eigenvalue weighted by atomic mass is 10.0. The maximum absolute atomic E-state index is 11.2. The van der Waals surface area contributed by atoms with Crippen molar-refractivity contribution in [3.8, 4) is 0 Å². The van der Waals surface area contributed by atoms with Crippen LogP contribution in [0.2, 0.25) is 0 Å². The zero-order valence-electron chi connectivity index (χ0n) is 13.8. The smallest absolute Gasteiger partial charge is 0.305 e. The van der Waals surface area contributed by atoms with Crippen molar-refractivity contribution in [2.45, 2.75) is 71.1 Å². The second-order valence-electron chi connectivity index (χ2n) is 5.76. The Morgan fingerprint density at radius 1 is 0.909 bits per heavy atom. The molecule has 2 nitrogen and oxygen atoms in total. The van der Waals surface area contributed by atoms with Gasteiger partial charge in [0.05, 0.1) is 6.61 Å². The van der Waals surface area contributed by atoms with Crippen LogP contribution < -0.4 is 0 Å².